The molecule has 4 nitrogen and oxygen atoms in total. The minimum atomic E-state index is 0.558. The van der Waals surface area contributed by atoms with Crippen molar-refractivity contribution in [3.05, 3.63) is 39.7 Å². The van der Waals surface area contributed by atoms with Crippen LogP contribution in [0.1, 0.15) is 12.7 Å². The summed E-state index contributed by atoms with van der Waals surface area (Å²) in [6.07, 6.45) is 0. The Morgan fingerprint density at radius 3 is 2.78 bits per heavy atom. The van der Waals surface area contributed by atoms with Crippen LogP contribution in [0.15, 0.2) is 30.3 Å². The second-order valence-corrected chi connectivity index (χ2v) is 4.86. The van der Waals surface area contributed by atoms with Crippen molar-refractivity contribution in [1.82, 2.24) is 9.97 Å². The number of hydrogen-bond donors (Lipinski definition) is 1. The predicted octanol–water partition coefficient (Wildman–Crippen LogP) is 3.61. The molecular weight excluding hydrogens is 341 g/mol. The first-order valence-electron chi connectivity index (χ1n) is 5.71. The topological polar surface area (TPSA) is 47.0 Å². The number of halogens is 1. The summed E-state index contributed by atoms with van der Waals surface area (Å²) >= 11 is 2.24. The number of nitrogens with zero attached hydrogens (tertiary/aromatic N) is 2. The summed E-state index contributed by atoms with van der Waals surface area (Å²) in [5.41, 5.74) is 0. The van der Waals surface area contributed by atoms with Gasteiger partial charge in [0.05, 0.1) is 3.57 Å². The lowest BCUT2D eigenvalue weighted by molar-refractivity contribution is 0.457. The fourth-order valence-corrected chi connectivity index (χ4v) is 2.00. The second-order valence-electron chi connectivity index (χ2n) is 3.70. The Labute approximate surface area is 120 Å². The van der Waals surface area contributed by atoms with Gasteiger partial charge in [-0.2, -0.15) is 4.98 Å². The van der Waals surface area contributed by atoms with Crippen LogP contribution < -0.4 is 10.1 Å². The Morgan fingerprint density at radius 1 is 1.28 bits per heavy atom. The highest BCUT2D eigenvalue weighted by molar-refractivity contribution is 14.1. The number of hydrogen-bond acceptors (Lipinski definition) is 4. The van der Waals surface area contributed by atoms with E-state index in [1.54, 1.807) is 6.07 Å². The van der Waals surface area contributed by atoms with Crippen LogP contribution >= 0.6 is 22.6 Å². The third kappa shape index (κ3) is 3.32. The maximum atomic E-state index is 5.78. The van der Waals surface area contributed by atoms with Crippen LogP contribution in [0.5, 0.6) is 11.6 Å². The van der Waals surface area contributed by atoms with Gasteiger partial charge in [-0.05, 0) is 48.6 Å². The Hall–Kier alpha value is -1.37. The lowest BCUT2D eigenvalue weighted by Gasteiger charge is -2.09. The zero-order valence-electron chi connectivity index (χ0n) is 10.3. The molecule has 0 spiro atoms. The molecule has 0 aliphatic rings. The fourth-order valence-electron chi connectivity index (χ4n) is 1.50. The molecular formula is C13H14IN3O. The van der Waals surface area contributed by atoms with Crippen molar-refractivity contribution >= 4 is 28.4 Å². The summed E-state index contributed by atoms with van der Waals surface area (Å²) in [7, 11) is 0. The summed E-state index contributed by atoms with van der Waals surface area (Å²) < 4.78 is 6.83. The second kappa shape index (κ2) is 5.99. The number of aryl methyl sites for hydroxylation is 1. The molecule has 1 heterocycles. The lowest BCUT2D eigenvalue weighted by atomic mass is 10.3. The van der Waals surface area contributed by atoms with Gasteiger partial charge in [0.25, 0.3) is 0 Å². The van der Waals surface area contributed by atoms with Crippen LogP contribution in [0.2, 0.25) is 0 Å². The summed E-state index contributed by atoms with van der Waals surface area (Å²) in [6.45, 7) is 4.69. The molecule has 0 radical (unpaired) electrons. The van der Waals surface area contributed by atoms with Crippen molar-refractivity contribution in [2.24, 2.45) is 0 Å². The van der Waals surface area contributed by atoms with Crippen molar-refractivity contribution in [1.29, 1.82) is 0 Å². The maximum absolute atomic E-state index is 5.78. The standard InChI is InChI=1S/C13H14IN3O/c1-3-15-12-8-13(17-9(2)16-12)18-11-7-5-4-6-10(11)14/h4-8H,3H2,1-2H3,(H,15,16,17). The van der Waals surface area contributed by atoms with Crippen molar-refractivity contribution in [2.45, 2.75) is 13.8 Å². The Kier molecular flexibility index (Phi) is 4.35. The molecule has 0 unspecified atom stereocenters. The molecule has 1 aromatic carbocycles. The maximum Gasteiger partial charge on any atom is 0.224 e. The molecule has 0 fully saturated rings. The third-order valence-corrected chi connectivity index (χ3v) is 3.11. The number of para-hydroxylation sites is 1. The highest BCUT2D eigenvalue weighted by atomic mass is 127. The third-order valence-electron chi connectivity index (χ3n) is 2.22. The zero-order chi connectivity index (χ0) is 13.0. The van der Waals surface area contributed by atoms with Crippen LogP contribution in [0.3, 0.4) is 0 Å². The van der Waals surface area contributed by atoms with Gasteiger partial charge in [-0.1, -0.05) is 12.1 Å². The highest BCUT2D eigenvalue weighted by Gasteiger charge is 2.05. The number of nitrogens with one attached hydrogen (secondary N) is 1. The molecule has 0 aliphatic heterocycles. The fraction of sp³-hybridized carbons (Fsp3) is 0.231. The molecule has 1 aromatic heterocycles. The van der Waals surface area contributed by atoms with Gasteiger partial charge in [-0.15, -0.1) is 0 Å². The number of ether oxygens (including phenoxy) is 1. The van der Waals surface area contributed by atoms with Crippen LogP contribution in [0, 0.1) is 10.5 Å². The summed E-state index contributed by atoms with van der Waals surface area (Å²) in [5.74, 6) is 2.83. The van der Waals surface area contributed by atoms with E-state index in [0.29, 0.717) is 11.7 Å². The van der Waals surface area contributed by atoms with Gasteiger partial charge in [0.1, 0.15) is 17.4 Å². The van der Waals surface area contributed by atoms with Crippen molar-refractivity contribution in [3.63, 3.8) is 0 Å². The normalized spacial score (nSPS) is 10.2. The van der Waals surface area contributed by atoms with Gasteiger partial charge in [0, 0.05) is 12.6 Å². The summed E-state index contributed by atoms with van der Waals surface area (Å²) in [6, 6.07) is 9.64. The van der Waals surface area contributed by atoms with E-state index in [1.165, 1.54) is 0 Å². The first kappa shape index (κ1) is 13.1. The van der Waals surface area contributed by atoms with Gasteiger partial charge in [-0.25, -0.2) is 4.98 Å². The molecule has 0 atom stereocenters. The van der Waals surface area contributed by atoms with Crippen LogP contribution in [0.25, 0.3) is 0 Å². The molecule has 0 aliphatic carbocycles. The lowest BCUT2D eigenvalue weighted by Crippen LogP contribution is -2.02. The minimum Gasteiger partial charge on any atom is -0.438 e. The number of aromatic nitrogens is 2. The molecule has 1 N–H and O–H groups in total. The highest BCUT2D eigenvalue weighted by Crippen LogP contribution is 2.26. The van der Waals surface area contributed by atoms with E-state index in [-0.39, 0.29) is 0 Å². The molecule has 0 amide bonds. The average molecular weight is 355 g/mol. The molecule has 0 saturated carbocycles. The molecule has 5 heteroatoms. The zero-order valence-corrected chi connectivity index (χ0v) is 12.4. The van der Waals surface area contributed by atoms with Gasteiger partial charge in [0.2, 0.25) is 5.88 Å². The number of rotatable bonds is 4. The molecule has 2 aromatic rings. The summed E-state index contributed by atoms with van der Waals surface area (Å²) in [5, 5.41) is 3.16. The molecule has 0 saturated heterocycles. The van der Waals surface area contributed by atoms with Gasteiger partial charge in [-0.3, -0.25) is 0 Å². The molecule has 0 bridgehead atoms. The predicted molar refractivity (Wildman–Crippen MR) is 80.2 cm³/mol. The minimum absolute atomic E-state index is 0.558. The van der Waals surface area contributed by atoms with E-state index in [2.05, 4.69) is 37.9 Å². The number of anilines is 1. The van der Waals surface area contributed by atoms with E-state index in [1.807, 2.05) is 38.1 Å². The van der Waals surface area contributed by atoms with Crippen molar-refractivity contribution in [2.75, 3.05) is 11.9 Å². The quantitative estimate of drug-likeness (QED) is 0.852. The van der Waals surface area contributed by atoms with E-state index in [4.69, 9.17) is 4.74 Å². The van der Waals surface area contributed by atoms with Crippen LogP contribution in [-0.4, -0.2) is 16.5 Å². The van der Waals surface area contributed by atoms with Gasteiger partial charge < -0.3 is 10.1 Å². The Bertz CT molecular complexity index is 546. The largest absolute Gasteiger partial charge is 0.438 e. The van der Waals surface area contributed by atoms with Crippen molar-refractivity contribution in [3.8, 4) is 11.6 Å². The molecule has 94 valence electrons. The SMILES string of the molecule is CCNc1cc(Oc2ccccc2I)nc(C)n1. The average Bonchev–Trinajstić information content (AvgIpc) is 2.32. The smallest absolute Gasteiger partial charge is 0.224 e. The van der Waals surface area contributed by atoms with E-state index < -0.39 is 0 Å². The van der Waals surface area contributed by atoms with Crippen LogP contribution in [0.4, 0.5) is 5.82 Å². The van der Waals surface area contributed by atoms with E-state index in [9.17, 15) is 0 Å². The Balaban J connectivity index is 2.26. The first-order chi connectivity index (χ1) is 8.69. The molecule has 18 heavy (non-hydrogen) atoms. The summed E-state index contributed by atoms with van der Waals surface area (Å²) in [4.78, 5) is 8.56. The van der Waals surface area contributed by atoms with Gasteiger partial charge >= 0.3 is 0 Å². The molecule has 2 rings (SSSR count). The van der Waals surface area contributed by atoms with Crippen LogP contribution in [-0.2, 0) is 0 Å². The van der Waals surface area contributed by atoms with E-state index >= 15 is 0 Å². The first-order valence-corrected chi connectivity index (χ1v) is 6.79. The Morgan fingerprint density at radius 2 is 2.06 bits per heavy atom. The van der Waals surface area contributed by atoms with Crippen molar-refractivity contribution < 1.29 is 4.74 Å². The van der Waals surface area contributed by atoms with E-state index in [0.717, 1.165) is 21.7 Å². The number of benzene rings is 1. The van der Waals surface area contributed by atoms with Gasteiger partial charge in [0.15, 0.2) is 0 Å². The monoisotopic (exact) mass is 355 g/mol.